The molecular weight excluding hydrogens is 260 g/mol. The van der Waals surface area contributed by atoms with Crippen LogP contribution in [0, 0.1) is 0 Å². The Bertz CT molecular complexity index is 691. The van der Waals surface area contributed by atoms with Gasteiger partial charge in [0, 0.05) is 5.56 Å². The van der Waals surface area contributed by atoms with Crippen molar-refractivity contribution in [1.82, 2.24) is 10.2 Å². The Labute approximate surface area is 123 Å². The Morgan fingerprint density at radius 3 is 2.10 bits per heavy atom. The van der Waals surface area contributed by atoms with Crippen molar-refractivity contribution in [3.05, 3.63) is 77.9 Å². The average molecular weight is 276 g/mol. The van der Waals surface area contributed by atoms with E-state index in [9.17, 15) is 0 Å². The number of hydrogen-bond acceptors (Lipinski definition) is 4. The smallest absolute Gasteiger partial charge is 0.162 e. The standard InChI is InChI=1S/C17H16N4/c18-19-17-11-10-16(20-21-17)15-8-6-14(7-9-15)12-13-4-2-1-3-5-13/h1-11H,12,18H2,(H,19,21). The number of rotatable bonds is 4. The molecule has 0 amide bonds. The van der Waals surface area contributed by atoms with Gasteiger partial charge in [0.15, 0.2) is 5.82 Å². The van der Waals surface area contributed by atoms with E-state index in [1.165, 1.54) is 11.1 Å². The van der Waals surface area contributed by atoms with Crippen molar-refractivity contribution in [2.24, 2.45) is 5.84 Å². The van der Waals surface area contributed by atoms with Gasteiger partial charge in [-0.05, 0) is 29.7 Å². The molecule has 0 aliphatic heterocycles. The van der Waals surface area contributed by atoms with Gasteiger partial charge in [0.2, 0.25) is 0 Å². The summed E-state index contributed by atoms with van der Waals surface area (Å²) < 4.78 is 0. The molecule has 0 atom stereocenters. The minimum atomic E-state index is 0.555. The number of nitrogen functional groups attached to an aromatic ring is 1. The van der Waals surface area contributed by atoms with Crippen LogP contribution in [0.25, 0.3) is 11.3 Å². The summed E-state index contributed by atoms with van der Waals surface area (Å²) in [6, 6.07) is 22.5. The van der Waals surface area contributed by atoms with Crippen LogP contribution in [0.5, 0.6) is 0 Å². The maximum Gasteiger partial charge on any atom is 0.162 e. The molecule has 3 N–H and O–H groups in total. The zero-order valence-corrected chi connectivity index (χ0v) is 11.5. The lowest BCUT2D eigenvalue weighted by Crippen LogP contribution is -2.08. The number of nitrogens with one attached hydrogen (secondary N) is 1. The highest BCUT2D eigenvalue weighted by molar-refractivity contribution is 5.60. The van der Waals surface area contributed by atoms with Gasteiger partial charge in [-0.3, -0.25) is 0 Å². The van der Waals surface area contributed by atoms with Crippen LogP contribution in [0.15, 0.2) is 66.7 Å². The van der Waals surface area contributed by atoms with Crippen molar-refractivity contribution in [2.75, 3.05) is 5.43 Å². The van der Waals surface area contributed by atoms with Crippen molar-refractivity contribution < 1.29 is 0 Å². The first-order valence-corrected chi connectivity index (χ1v) is 6.79. The molecule has 0 aliphatic carbocycles. The van der Waals surface area contributed by atoms with Crippen LogP contribution in [0.4, 0.5) is 5.82 Å². The summed E-state index contributed by atoms with van der Waals surface area (Å²) in [5, 5.41) is 8.12. The van der Waals surface area contributed by atoms with E-state index < -0.39 is 0 Å². The van der Waals surface area contributed by atoms with Crippen LogP contribution < -0.4 is 11.3 Å². The Kier molecular flexibility index (Phi) is 3.89. The minimum Gasteiger partial charge on any atom is -0.307 e. The number of anilines is 1. The Balaban J connectivity index is 1.77. The molecular formula is C17H16N4. The first-order chi connectivity index (χ1) is 10.3. The highest BCUT2D eigenvalue weighted by Gasteiger charge is 2.01. The number of aromatic nitrogens is 2. The fraction of sp³-hybridized carbons (Fsp3) is 0.0588. The van der Waals surface area contributed by atoms with Gasteiger partial charge in [-0.2, -0.15) is 0 Å². The molecule has 104 valence electrons. The second-order valence-electron chi connectivity index (χ2n) is 4.81. The summed E-state index contributed by atoms with van der Waals surface area (Å²) in [6.07, 6.45) is 0.933. The third kappa shape index (κ3) is 3.24. The maximum atomic E-state index is 5.28. The fourth-order valence-electron chi connectivity index (χ4n) is 2.19. The Morgan fingerprint density at radius 1 is 0.762 bits per heavy atom. The molecule has 2 aromatic carbocycles. The molecule has 3 rings (SSSR count). The van der Waals surface area contributed by atoms with Gasteiger partial charge >= 0.3 is 0 Å². The number of benzene rings is 2. The highest BCUT2D eigenvalue weighted by atomic mass is 15.3. The van der Waals surface area contributed by atoms with Crippen molar-refractivity contribution in [3.63, 3.8) is 0 Å². The fourth-order valence-corrected chi connectivity index (χ4v) is 2.19. The van der Waals surface area contributed by atoms with Crippen molar-refractivity contribution >= 4 is 5.82 Å². The largest absolute Gasteiger partial charge is 0.307 e. The SMILES string of the molecule is NNc1ccc(-c2ccc(Cc3ccccc3)cc2)nn1. The predicted molar refractivity (Wildman–Crippen MR) is 84.5 cm³/mol. The quantitative estimate of drug-likeness (QED) is 0.568. The number of hydrazine groups is 1. The van der Waals surface area contributed by atoms with Gasteiger partial charge in [-0.25, -0.2) is 5.84 Å². The molecule has 0 bridgehead atoms. The van der Waals surface area contributed by atoms with E-state index in [2.05, 4.69) is 64.2 Å². The van der Waals surface area contributed by atoms with Gasteiger partial charge in [0.05, 0.1) is 5.69 Å². The third-order valence-electron chi connectivity index (χ3n) is 3.31. The molecule has 4 heteroatoms. The number of nitrogens with zero attached hydrogens (tertiary/aromatic N) is 2. The molecule has 0 unspecified atom stereocenters. The number of hydrogen-bond donors (Lipinski definition) is 2. The lowest BCUT2D eigenvalue weighted by Gasteiger charge is -2.05. The topological polar surface area (TPSA) is 63.8 Å². The van der Waals surface area contributed by atoms with Crippen LogP contribution >= 0.6 is 0 Å². The lowest BCUT2D eigenvalue weighted by molar-refractivity contribution is 1.03. The molecule has 4 nitrogen and oxygen atoms in total. The summed E-state index contributed by atoms with van der Waals surface area (Å²) in [4.78, 5) is 0. The lowest BCUT2D eigenvalue weighted by atomic mass is 10.0. The van der Waals surface area contributed by atoms with E-state index in [1.807, 2.05) is 12.1 Å². The summed E-state index contributed by atoms with van der Waals surface area (Å²) in [7, 11) is 0. The van der Waals surface area contributed by atoms with Gasteiger partial charge < -0.3 is 5.43 Å². The second-order valence-corrected chi connectivity index (χ2v) is 4.81. The van der Waals surface area contributed by atoms with Crippen LogP contribution in [0.1, 0.15) is 11.1 Å². The van der Waals surface area contributed by atoms with E-state index in [1.54, 1.807) is 6.07 Å². The van der Waals surface area contributed by atoms with Crippen molar-refractivity contribution in [3.8, 4) is 11.3 Å². The summed E-state index contributed by atoms with van der Waals surface area (Å²) >= 11 is 0. The van der Waals surface area contributed by atoms with Crippen LogP contribution in [-0.2, 0) is 6.42 Å². The van der Waals surface area contributed by atoms with Crippen LogP contribution in [-0.4, -0.2) is 10.2 Å². The van der Waals surface area contributed by atoms with Crippen LogP contribution in [0.3, 0.4) is 0 Å². The summed E-state index contributed by atoms with van der Waals surface area (Å²) in [5.41, 5.74) is 6.93. The van der Waals surface area contributed by atoms with E-state index in [4.69, 9.17) is 5.84 Å². The maximum absolute atomic E-state index is 5.28. The highest BCUT2D eigenvalue weighted by Crippen LogP contribution is 2.19. The van der Waals surface area contributed by atoms with E-state index in [0.29, 0.717) is 5.82 Å². The van der Waals surface area contributed by atoms with Crippen molar-refractivity contribution in [1.29, 1.82) is 0 Å². The molecule has 0 saturated carbocycles. The van der Waals surface area contributed by atoms with E-state index in [0.717, 1.165) is 17.7 Å². The number of nitrogens with two attached hydrogens (primary N) is 1. The Hall–Kier alpha value is -2.72. The molecule has 3 aromatic rings. The first-order valence-electron chi connectivity index (χ1n) is 6.79. The first kappa shape index (κ1) is 13.3. The predicted octanol–water partition coefficient (Wildman–Crippen LogP) is 3.02. The van der Waals surface area contributed by atoms with Gasteiger partial charge in [0.1, 0.15) is 0 Å². The van der Waals surface area contributed by atoms with Crippen LogP contribution in [0.2, 0.25) is 0 Å². The van der Waals surface area contributed by atoms with Crippen molar-refractivity contribution in [2.45, 2.75) is 6.42 Å². The van der Waals surface area contributed by atoms with E-state index in [-0.39, 0.29) is 0 Å². The average Bonchev–Trinajstić information content (AvgIpc) is 2.57. The monoisotopic (exact) mass is 276 g/mol. The zero-order chi connectivity index (χ0) is 14.5. The molecule has 0 saturated heterocycles. The molecule has 21 heavy (non-hydrogen) atoms. The van der Waals surface area contributed by atoms with E-state index >= 15 is 0 Å². The third-order valence-corrected chi connectivity index (χ3v) is 3.31. The summed E-state index contributed by atoms with van der Waals surface area (Å²) in [5.74, 6) is 5.83. The molecule has 0 radical (unpaired) electrons. The molecule has 0 aliphatic rings. The normalized spacial score (nSPS) is 10.3. The minimum absolute atomic E-state index is 0.555. The Morgan fingerprint density at radius 2 is 1.48 bits per heavy atom. The van der Waals surface area contributed by atoms with Gasteiger partial charge in [0.25, 0.3) is 0 Å². The molecule has 0 spiro atoms. The molecule has 0 fully saturated rings. The molecule has 1 heterocycles. The molecule has 1 aromatic heterocycles. The van der Waals surface area contributed by atoms with Gasteiger partial charge in [-0.15, -0.1) is 10.2 Å². The summed E-state index contributed by atoms with van der Waals surface area (Å²) in [6.45, 7) is 0. The zero-order valence-electron chi connectivity index (χ0n) is 11.5. The second kappa shape index (κ2) is 6.15. The van der Waals surface area contributed by atoms with Gasteiger partial charge in [-0.1, -0.05) is 54.6 Å².